The lowest BCUT2D eigenvalue weighted by molar-refractivity contribution is 0.00206. The molecule has 1 aromatic heterocycles. The average molecular weight is 520 g/mol. The normalized spacial score (nSPS) is 16.8. The molecule has 2 heterocycles. The topological polar surface area (TPSA) is 114 Å². The van der Waals surface area contributed by atoms with Gasteiger partial charge in [0.05, 0.1) is 69.8 Å². The Hall–Kier alpha value is -3.75. The van der Waals surface area contributed by atoms with Crippen LogP contribution >= 0.6 is 0 Å². The second-order valence-corrected chi connectivity index (χ2v) is 8.61. The van der Waals surface area contributed by atoms with Crippen LogP contribution in [-0.4, -0.2) is 81.4 Å². The third kappa shape index (κ3) is 7.40. The molecule has 10 nitrogen and oxygen atoms in total. The summed E-state index contributed by atoms with van der Waals surface area (Å²) >= 11 is 0. The summed E-state index contributed by atoms with van der Waals surface area (Å²) in [6, 6.07) is 18.9. The van der Waals surface area contributed by atoms with E-state index in [9.17, 15) is 10.1 Å². The van der Waals surface area contributed by atoms with Gasteiger partial charge in [-0.1, -0.05) is 18.2 Å². The molecule has 1 aliphatic rings. The minimum atomic E-state index is -0.317. The Balaban J connectivity index is 1.49. The number of anilines is 1. The van der Waals surface area contributed by atoms with Crippen molar-refractivity contribution < 1.29 is 18.9 Å². The predicted octanol–water partition coefficient (Wildman–Crippen LogP) is 3.00. The van der Waals surface area contributed by atoms with Gasteiger partial charge in [-0.25, -0.2) is 9.67 Å². The lowest BCUT2D eigenvalue weighted by Crippen LogP contribution is -2.31. The smallest absolute Gasteiger partial charge is 0.281 e. The maximum atomic E-state index is 13.1. The highest BCUT2D eigenvalue weighted by atomic mass is 16.6. The molecule has 0 bridgehead atoms. The maximum absolute atomic E-state index is 13.1. The highest BCUT2D eigenvalue weighted by Gasteiger charge is 2.18. The van der Waals surface area contributed by atoms with Crippen molar-refractivity contribution in [2.45, 2.75) is 6.92 Å². The number of aromatic amines is 1. The van der Waals surface area contributed by atoms with E-state index in [2.05, 4.69) is 21.1 Å². The SMILES string of the molecule is Cc1[nH]n(-c2ccccc2)c(=O)c1C(C#N)=Nc1ccc(N2CCOCCOCCOCCOCC2)cc1. The molecule has 1 aliphatic heterocycles. The Kier molecular flexibility index (Phi) is 10.2. The number of nitrogens with zero attached hydrogens (tertiary/aromatic N) is 4. The van der Waals surface area contributed by atoms with Crippen molar-refractivity contribution in [3.05, 3.63) is 76.2 Å². The summed E-state index contributed by atoms with van der Waals surface area (Å²) in [4.78, 5) is 19.8. The molecular weight excluding hydrogens is 486 g/mol. The van der Waals surface area contributed by atoms with Gasteiger partial charge < -0.3 is 23.8 Å². The molecule has 4 rings (SSSR count). The highest BCUT2D eigenvalue weighted by molar-refractivity contribution is 6.13. The van der Waals surface area contributed by atoms with Gasteiger partial charge in [-0.2, -0.15) is 5.26 Å². The number of hydrogen-bond acceptors (Lipinski definition) is 8. The van der Waals surface area contributed by atoms with Gasteiger partial charge in [0, 0.05) is 24.5 Å². The second kappa shape index (κ2) is 14.3. The maximum Gasteiger partial charge on any atom is 0.281 e. The number of aliphatic imine (C=N–C) groups is 1. The summed E-state index contributed by atoms with van der Waals surface area (Å²) in [7, 11) is 0. The fourth-order valence-electron chi connectivity index (χ4n) is 4.07. The van der Waals surface area contributed by atoms with Gasteiger partial charge in [-0.3, -0.25) is 9.89 Å². The summed E-state index contributed by atoms with van der Waals surface area (Å²) in [5.74, 6) is 0. The van der Waals surface area contributed by atoms with Crippen molar-refractivity contribution >= 4 is 17.1 Å². The van der Waals surface area contributed by atoms with Crippen molar-refractivity contribution in [2.24, 2.45) is 4.99 Å². The van der Waals surface area contributed by atoms with E-state index >= 15 is 0 Å². The van der Waals surface area contributed by atoms with E-state index in [1.165, 1.54) is 4.68 Å². The molecule has 10 heteroatoms. The minimum absolute atomic E-state index is 0.0617. The Morgan fingerprint density at radius 2 is 1.37 bits per heavy atom. The van der Waals surface area contributed by atoms with E-state index in [0.29, 0.717) is 83.0 Å². The monoisotopic (exact) mass is 519 g/mol. The molecule has 2 aromatic carbocycles. The van der Waals surface area contributed by atoms with E-state index in [-0.39, 0.29) is 16.8 Å². The lowest BCUT2D eigenvalue weighted by atomic mass is 10.1. The molecule has 0 amide bonds. The first-order valence-electron chi connectivity index (χ1n) is 12.7. The first-order chi connectivity index (χ1) is 18.7. The number of nitriles is 1. The van der Waals surface area contributed by atoms with Gasteiger partial charge in [0.25, 0.3) is 5.56 Å². The molecule has 38 heavy (non-hydrogen) atoms. The molecule has 1 saturated heterocycles. The third-order valence-corrected chi connectivity index (χ3v) is 6.01. The zero-order valence-corrected chi connectivity index (χ0v) is 21.6. The zero-order chi connectivity index (χ0) is 26.6. The van der Waals surface area contributed by atoms with Crippen LogP contribution in [0.15, 0.2) is 64.4 Å². The summed E-state index contributed by atoms with van der Waals surface area (Å²) in [5, 5.41) is 12.9. The lowest BCUT2D eigenvalue weighted by Gasteiger charge is -2.25. The van der Waals surface area contributed by atoms with Crippen LogP contribution in [0.5, 0.6) is 0 Å². The van der Waals surface area contributed by atoms with Crippen LogP contribution in [0.1, 0.15) is 11.3 Å². The Labute approximate surface area is 222 Å². The molecule has 0 atom stereocenters. The average Bonchev–Trinajstić information content (AvgIpc) is 3.24. The largest absolute Gasteiger partial charge is 0.377 e. The van der Waals surface area contributed by atoms with Crippen molar-refractivity contribution in [1.29, 1.82) is 5.26 Å². The number of benzene rings is 2. The molecule has 1 N–H and O–H groups in total. The molecule has 200 valence electrons. The van der Waals surface area contributed by atoms with Crippen molar-refractivity contribution in [2.75, 3.05) is 70.8 Å². The number of nitrogens with one attached hydrogen (secondary N) is 1. The van der Waals surface area contributed by atoms with Gasteiger partial charge in [-0.15, -0.1) is 0 Å². The van der Waals surface area contributed by atoms with Gasteiger partial charge >= 0.3 is 0 Å². The van der Waals surface area contributed by atoms with E-state index in [0.717, 1.165) is 5.69 Å². The second-order valence-electron chi connectivity index (χ2n) is 8.61. The molecule has 0 aliphatic carbocycles. The molecule has 0 radical (unpaired) electrons. The van der Waals surface area contributed by atoms with E-state index < -0.39 is 0 Å². The summed E-state index contributed by atoms with van der Waals surface area (Å²) in [6.45, 7) is 7.46. The van der Waals surface area contributed by atoms with Crippen molar-refractivity contribution in [3.63, 3.8) is 0 Å². The Morgan fingerprint density at radius 3 is 1.92 bits per heavy atom. The first kappa shape index (κ1) is 27.3. The fraction of sp³-hybridized carbons (Fsp3) is 0.393. The van der Waals surface area contributed by atoms with Gasteiger partial charge in [0.2, 0.25) is 0 Å². The number of rotatable bonds is 4. The first-order valence-corrected chi connectivity index (χ1v) is 12.7. The molecule has 0 unspecified atom stereocenters. The Morgan fingerprint density at radius 1 is 0.816 bits per heavy atom. The van der Waals surface area contributed by atoms with Crippen molar-refractivity contribution in [3.8, 4) is 11.8 Å². The van der Waals surface area contributed by atoms with Gasteiger partial charge in [0.15, 0.2) is 5.71 Å². The molecule has 3 aromatic rings. The molecular formula is C28H33N5O5. The van der Waals surface area contributed by atoms with Crippen LogP contribution in [-0.2, 0) is 18.9 Å². The number of aryl methyl sites for hydroxylation is 1. The van der Waals surface area contributed by atoms with Crippen LogP contribution in [0.2, 0.25) is 0 Å². The molecule has 0 spiro atoms. The van der Waals surface area contributed by atoms with Crippen molar-refractivity contribution in [1.82, 2.24) is 9.78 Å². The number of aromatic nitrogens is 2. The van der Waals surface area contributed by atoms with Gasteiger partial charge in [0.1, 0.15) is 6.07 Å². The summed E-state index contributed by atoms with van der Waals surface area (Å²) < 4.78 is 23.8. The Bertz CT molecular complexity index is 1260. The number of H-pyrrole nitrogens is 1. The van der Waals surface area contributed by atoms with E-state index in [4.69, 9.17) is 18.9 Å². The zero-order valence-electron chi connectivity index (χ0n) is 21.6. The quantitative estimate of drug-likeness (QED) is 0.527. The van der Waals surface area contributed by atoms with Gasteiger partial charge in [-0.05, 0) is 43.3 Å². The third-order valence-electron chi connectivity index (χ3n) is 6.01. The highest BCUT2D eigenvalue weighted by Crippen LogP contribution is 2.21. The summed E-state index contributed by atoms with van der Waals surface area (Å²) in [6.07, 6.45) is 0. The van der Waals surface area contributed by atoms with Crippen LogP contribution in [0.4, 0.5) is 11.4 Å². The van der Waals surface area contributed by atoms with Crippen LogP contribution in [0, 0.1) is 18.3 Å². The van der Waals surface area contributed by atoms with Crippen LogP contribution < -0.4 is 10.5 Å². The van der Waals surface area contributed by atoms with E-state index in [1.54, 1.807) is 6.92 Å². The predicted molar refractivity (Wildman–Crippen MR) is 145 cm³/mol. The standard InChI is InChI=1S/C28H33N5O5/c1-22-27(28(34)33(31-22)25-5-3-2-4-6-25)26(21-29)30-23-7-9-24(10-8-23)32-11-13-35-15-17-37-19-20-38-18-16-36-14-12-32/h2-10,31H,11-20H2,1H3. The molecule has 0 saturated carbocycles. The number of hydrogen-bond donors (Lipinski definition) is 1. The molecule has 1 fully saturated rings. The number of ether oxygens (including phenoxy) is 4. The van der Waals surface area contributed by atoms with E-state index in [1.807, 2.05) is 54.6 Å². The van der Waals surface area contributed by atoms with Crippen LogP contribution in [0.25, 0.3) is 5.69 Å². The fourth-order valence-corrected chi connectivity index (χ4v) is 4.07. The minimum Gasteiger partial charge on any atom is -0.377 e. The summed E-state index contributed by atoms with van der Waals surface area (Å²) in [5.41, 5.74) is 2.83. The van der Waals surface area contributed by atoms with Crippen LogP contribution in [0.3, 0.4) is 0 Å². The number of para-hydroxylation sites is 1.